The molecule has 1 aliphatic heterocycles. The van der Waals surface area contributed by atoms with E-state index >= 15 is 0 Å². The number of anilines is 1. The number of H-pyrrole nitrogens is 2. The molecule has 0 amide bonds. The summed E-state index contributed by atoms with van der Waals surface area (Å²) < 4.78 is 0. The molecule has 7 rings (SSSR count). The van der Waals surface area contributed by atoms with Crippen molar-refractivity contribution < 1.29 is 0 Å². The van der Waals surface area contributed by atoms with Crippen molar-refractivity contribution in [1.82, 2.24) is 25.1 Å². The minimum Gasteiger partial charge on any atom is -0.342 e. The lowest BCUT2D eigenvalue weighted by molar-refractivity contribution is 0.187. The lowest BCUT2D eigenvalue weighted by Crippen LogP contribution is -2.45. The van der Waals surface area contributed by atoms with E-state index in [1.54, 1.807) is 6.20 Å². The van der Waals surface area contributed by atoms with E-state index in [0.29, 0.717) is 28.4 Å². The zero-order valence-corrected chi connectivity index (χ0v) is 22.1. The molecule has 9 nitrogen and oxygen atoms in total. The van der Waals surface area contributed by atoms with Gasteiger partial charge in [-0.25, -0.2) is 4.85 Å². The smallest absolute Gasteiger partial charge is 0.264 e. The number of rotatable bonds is 2. The first kappa shape index (κ1) is 23.8. The summed E-state index contributed by atoms with van der Waals surface area (Å²) in [5.74, 6) is 0.541. The first-order chi connectivity index (χ1) is 18.8. The van der Waals surface area contributed by atoms with Crippen LogP contribution in [0.1, 0.15) is 60.8 Å². The fraction of sp³-hybridized carbons (Fsp3) is 0.367. The number of hydrogen-bond acceptors (Lipinski definition) is 6. The normalized spacial score (nSPS) is 20.9. The highest BCUT2D eigenvalue weighted by molar-refractivity contribution is 5.94. The van der Waals surface area contributed by atoms with Crippen molar-refractivity contribution in [3.05, 3.63) is 92.5 Å². The molecular formula is C30H30N8O. The zero-order chi connectivity index (χ0) is 26.9. The summed E-state index contributed by atoms with van der Waals surface area (Å²) in [7, 11) is 0. The Labute approximate surface area is 226 Å². The third kappa shape index (κ3) is 3.70. The molecule has 3 aromatic heterocycles. The molecular weight excluding hydrogens is 488 g/mol. The molecule has 0 bridgehead atoms. The molecule has 0 saturated carbocycles. The van der Waals surface area contributed by atoms with Gasteiger partial charge in [0.25, 0.3) is 5.56 Å². The zero-order valence-electron chi connectivity index (χ0n) is 22.1. The Hall–Kier alpha value is -4.29. The van der Waals surface area contributed by atoms with Gasteiger partial charge in [0, 0.05) is 36.6 Å². The molecule has 0 unspecified atom stereocenters. The SMILES string of the molecule is [C-]#[N+]c1cnc2c(c1)C(c1[nH]nc3nc(N4CCC5(CC4)Cc4ccccc4[C@H]5N)[nH]c(=O)c13)=CC(C)(C)C2. The molecule has 1 saturated heterocycles. The highest BCUT2D eigenvalue weighted by atomic mass is 16.1. The van der Waals surface area contributed by atoms with Crippen LogP contribution in [0.4, 0.5) is 11.6 Å². The lowest BCUT2D eigenvalue weighted by atomic mass is 9.73. The Morgan fingerprint density at radius 1 is 1.18 bits per heavy atom. The van der Waals surface area contributed by atoms with Crippen LogP contribution < -0.4 is 16.2 Å². The fourth-order valence-corrected chi connectivity index (χ4v) is 6.81. The van der Waals surface area contributed by atoms with Crippen LogP contribution >= 0.6 is 0 Å². The van der Waals surface area contributed by atoms with Gasteiger partial charge in [0.05, 0.1) is 12.3 Å². The van der Waals surface area contributed by atoms with Crippen molar-refractivity contribution in [2.75, 3.05) is 18.0 Å². The Kier molecular flexibility index (Phi) is 5.10. The summed E-state index contributed by atoms with van der Waals surface area (Å²) in [5.41, 5.74) is 13.1. The molecule has 4 aromatic rings. The van der Waals surface area contributed by atoms with E-state index in [2.05, 4.69) is 74.1 Å². The first-order valence-corrected chi connectivity index (χ1v) is 13.4. The van der Waals surface area contributed by atoms with Crippen LogP contribution in [0.2, 0.25) is 0 Å². The molecule has 9 heteroatoms. The summed E-state index contributed by atoms with van der Waals surface area (Å²) in [4.78, 5) is 31.6. The van der Waals surface area contributed by atoms with Gasteiger partial charge in [0.2, 0.25) is 11.6 Å². The van der Waals surface area contributed by atoms with E-state index in [1.165, 1.54) is 11.1 Å². The monoisotopic (exact) mass is 518 g/mol. The van der Waals surface area contributed by atoms with Gasteiger partial charge in [-0.3, -0.25) is 19.9 Å². The third-order valence-electron chi connectivity index (χ3n) is 8.87. The summed E-state index contributed by atoms with van der Waals surface area (Å²) >= 11 is 0. The van der Waals surface area contributed by atoms with Gasteiger partial charge in [-0.1, -0.05) is 44.2 Å². The number of hydrogen-bond donors (Lipinski definition) is 3. The van der Waals surface area contributed by atoms with Gasteiger partial charge in [0.15, 0.2) is 5.65 Å². The van der Waals surface area contributed by atoms with E-state index in [1.807, 2.05) is 6.07 Å². The number of pyridine rings is 1. The number of nitrogens with one attached hydrogen (secondary N) is 2. The number of fused-ring (bicyclic) bond motifs is 3. The second-order valence-electron chi connectivity index (χ2n) is 11.9. The van der Waals surface area contributed by atoms with Gasteiger partial charge < -0.3 is 10.6 Å². The quantitative estimate of drug-likeness (QED) is 0.337. The standard InChI is InChI=1S/C30H30N8O/c1-29(2)14-21(20-12-18(32-3)16-33-22(20)15-29)24-23-26(37-36-24)34-28(35-27(23)39)38-10-8-30(9-11-38)13-17-6-4-5-7-19(17)25(30)31/h4-7,12,14,16,25H,8-11,13,15,31H2,1-2H3,(H2,34,35,36,37,39)/t25-/m1/s1. The largest absolute Gasteiger partial charge is 0.342 e. The van der Waals surface area contributed by atoms with Crippen LogP contribution in [0.25, 0.3) is 21.5 Å². The average molecular weight is 519 g/mol. The number of allylic oxidation sites excluding steroid dienone is 1. The number of piperidine rings is 1. The van der Waals surface area contributed by atoms with E-state index in [-0.39, 0.29) is 22.4 Å². The molecule has 39 heavy (non-hydrogen) atoms. The van der Waals surface area contributed by atoms with Gasteiger partial charge in [-0.2, -0.15) is 10.1 Å². The van der Waals surface area contributed by atoms with Crippen LogP contribution in [0, 0.1) is 17.4 Å². The first-order valence-electron chi connectivity index (χ1n) is 13.4. The second kappa shape index (κ2) is 8.35. The number of aromatic amines is 2. The number of aromatic nitrogens is 5. The predicted molar refractivity (Wildman–Crippen MR) is 151 cm³/mol. The Morgan fingerprint density at radius 2 is 1.97 bits per heavy atom. The minimum atomic E-state index is -0.232. The maximum Gasteiger partial charge on any atom is 0.264 e. The Morgan fingerprint density at radius 3 is 2.74 bits per heavy atom. The van der Waals surface area contributed by atoms with Crippen molar-refractivity contribution in [3.8, 4) is 0 Å². The van der Waals surface area contributed by atoms with Crippen LogP contribution in [-0.2, 0) is 12.8 Å². The highest BCUT2D eigenvalue weighted by Crippen LogP contribution is 2.51. The van der Waals surface area contributed by atoms with Crippen LogP contribution in [-0.4, -0.2) is 38.2 Å². The Bertz CT molecular complexity index is 1760. The minimum absolute atomic E-state index is 0.0352. The van der Waals surface area contributed by atoms with Gasteiger partial charge in [-0.05, 0) is 59.3 Å². The highest BCUT2D eigenvalue weighted by Gasteiger charge is 2.46. The molecule has 0 radical (unpaired) electrons. The topological polar surface area (TPSA) is 121 Å². The van der Waals surface area contributed by atoms with Crippen molar-refractivity contribution in [1.29, 1.82) is 0 Å². The molecule has 196 valence electrons. The molecule has 1 fully saturated rings. The van der Waals surface area contributed by atoms with E-state index in [9.17, 15) is 4.79 Å². The van der Waals surface area contributed by atoms with E-state index < -0.39 is 0 Å². The fourth-order valence-electron chi connectivity index (χ4n) is 6.81. The number of nitrogens with zero attached hydrogens (tertiary/aromatic N) is 5. The summed E-state index contributed by atoms with van der Waals surface area (Å²) in [6, 6.07) is 10.4. The summed E-state index contributed by atoms with van der Waals surface area (Å²) in [6.45, 7) is 13.2. The molecule has 1 spiro atoms. The maximum atomic E-state index is 13.5. The van der Waals surface area contributed by atoms with Crippen molar-refractivity contribution in [3.63, 3.8) is 0 Å². The van der Waals surface area contributed by atoms with Crippen molar-refractivity contribution in [2.45, 2.75) is 45.6 Å². The van der Waals surface area contributed by atoms with Crippen molar-refractivity contribution >= 4 is 28.2 Å². The van der Waals surface area contributed by atoms with Crippen LogP contribution in [0.5, 0.6) is 0 Å². The average Bonchev–Trinajstić information content (AvgIpc) is 3.47. The van der Waals surface area contributed by atoms with Gasteiger partial charge in [-0.15, -0.1) is 0 Å². The molecule has 4 heterocycles. The van der Waals surface area contributed by atoms with E-state index in [0.717, 1.165) is 55.6 Å². The van der Waals surface area contributed by atoms with Crippen molar-refractivity contribution in [2.24, 2.45) is 16.6 Å². The molecule has 1 atom stereocenters. The predicted octanol–water partition coefficient (Wildman–Crippen LogP) is 4.45. The summed E-state index contributed by atoms with van der Waals surface area (Å²) in [5, 5.41) is 7.96. The van der Waals surface area contributed by atoms with Gasteiger partial charge >= 0.3 is 0 Å². The van der Waals surface area contributed by atoms with Crippen LogP contribution in [0.15, 0.2) is 47.4 Å². The van der Waals surface area contributed by atoms with Gasteiger partial charge in [0.1, 0.15) is 5.39 Å². The number of nitrogens with two attached hydrogens (primary N) is 1. The lowest BCUT2D eigenvalue weighted by Gasteiger charge is -2.42. The van der Waals surface area contributed by atoms with E-state index in [4.69, 9.17) is 17.3 Å². The molecule has 4 N–H and O–H groups in total. The third-order valence-corrected chi connectivity index (χ3v) is 8.87. The second-order valence-corrected chi connectivity index (χ2v) is 11.9. The summed E-state index contributed by atoms with van der Waals surface area (Å²) in [6.07, 6.45) is 7.37. The molecule has 3 aliphatic rings. The maximum absolute atomic E-state index is 13.5. The molecule has 1 aromatic carbocycles. The molecule has 2 aliphatic carbocycles. The number of benzene rings is 1. The van der Waals surface area contributed by atoms with Crippen LogP contribution in [0.3, 0.4) is 0 Å². The Balaban J connectivity index is 1.21.